The van der Waals surface area contributed by atoms with Crippen molar-refractivity contribution >= 4 is 28.0 Å². The fraction of sp³-hybridized carbons (Fsp3) is 0.833. The van der Waals surface area contributed by atoms with Gasteiger partial charge in [-0.25, -0.2) is 5.84 Å². The molecule has 3 nitrogen and oxygen atoms in total. The summed E-state index contributed by atoms with van der Waals surface area (Å²) in [6.45, 7) is 4.82. The Balaban J connectivity index is 3.07. The van der Waals surface area contributed by atoms with Crippen molar-refractivity contribution in [3.05, 3.63) is 0 Å². The molecule has 0 fully saturated rings. The minimum absolute atomic E-state index is 0.563. The summed E-state index contributed by atoms with van der Waals surface area (Å²) in [5.41, 5.74) is 0. The fourth-order valence-corrected chi connectivity index (χ4v) is 2.33. The molecule has 1 radical (unpaired) electrons. The van der Waals surface area contributed by atoms with Gasteiger partial charge in [-0.2, -0.15) is 0 Å². The zero-order valence-electron chi connectivity index (χ0n) is 6.74. The Hall–Kier alpha value is 0.130. The third-order valence-electron chi connectivity index (χ3n) is 0.793. The summed E-state index contributed by atoms with van der Waals surface area (Å²) in [7, 11) is 3.51. The van der Waals surface area contributed by atoms with Gasteiger partial charge in [-0.3, -0.25) is 9.80 Å². The molecule has 5 heteroatoms. The quantitative estimate of drug-likeness (QED) is 0.171. The van der Waals surface area contributed by atoms with E-state index in [1.54, 1.807) is 28.0 Å². The molecule has 0 aliphatic carbocycles. The van der Waals surface area contributed by atoms with Crippen LogP contribution in [0.1, 0.15) is 13.8 Å². The van der Waals surface area contributed by atoms with E-state index >= 15 is 0 Å². The fourth-order valence-electron chi connectivity index (χ4n) is 0.365. The minimum Gasteiger partial charge on any atom is -0.271 e. The number of carbonyl (C=O) groups excluding carboxylic acids is 1. The van der Waals surface area contributed by atoms with Crippen molar-refractivity contribution in [1.82, 2.24) is 5.01 Å². The van der Waals surface area contributed by atoms with Gasteiger partial charge in [0, 0.05) is 17.5 Å². The Kier molecular flexibility index (Phi) is 6.90. The lowest BCUT2D eigenvalue weighted by Crippen LogP contribution is -2.31. The highest BCUT2D eigenvalue weighted by molar-refractivity contribution is 8.76. The van der Waals surface area contributed by atoms with Gasteiger partial charge in [-0.15, -0.1) is 0 Å². The second kappa shape index (κ2) is 6.82. The average molecular weight is 193 g/mol. The average Bonchev–Trinajstić information content (AvgIpc) is 1.97. The summed E-state index contributed by atoms with van der Waals surface area (Å²) >= 11 is 0. The Bertz CT molecular complexity index is 111. The summed E-state index contributed by atoms with van der Waals surface area (Å²) in [5, 5.41) is 1.65. The van der Waals surface area contributed by atoms with Crippen LogP contribution in [0.3, 0.4) is 0 Å². The van der Waals surface area contributed by atoms with Crippen LogP contribution in [0.5, 0.6) is 0 Å². The maximum atomic E-state index is 9.89. The van der Waals surface area contributed by atoms with E-state index in [9.17, 15) is 4.79 Å². The first-order valence-corrected chi connectivity index (χ1v) is 5.73. The standard InChI is InChI=1S/C6H13N2OS2/c1-6(2)11-10-4-3-8(7)5-9/h6H,3-4,7H2,1-2H3. The van der Waals surface area contributed by atoms with Crippen molar-refractivity contribution in [1.29, 1.82) is 0 Å². The van der Waals surface area contributed by atoms with E-state index in [1.807, 2.05) is 0 Å². The third-order valence-corrected chi connectivity index (χ3v) is 3.73. The largest absolute Gasteiger partial charge is 0.327 e. The van der Waals surface area contributed by atoms with Gasteiger partial charge < -0.3 is 0 Å². The highest BCUT2D eigenvalue weighted by atomic mass is 33.1. The Labute approximate surface area is 75.4 Å². The molecule has 0 unspecified atom stereocenters. The van der Waals surface area contributed by atoms with Crippen molar-refractivity contribution in [3.63, 3.8) is 0 Å². The first-order valence-electron chi connectivity index (χ1n) is 3.35. The van der Waals surface area contributed by atoms with Crippen molar-refractivity contribution in [3.8, 4) is 0 Å². The Morgan fingerprint density at radius 3 is 2.73 bits per heavy atom. The van der Waals surface area contributed by atoms with Crippen LogP contribution in [-0.2, 0) is 4.79 Å². The lowest BCUT2D eigenvalue weighted by molar-refractivity contribution is 0.411. The van der Waals surface area contributed by atoms with Crippen LogP contribution >= 0.6 is 21.6 Å². The summed E-state index contributed by atoms with van der Waals surface area (Å²) in [5.74, 6) is 6.03. The highest BCUT2D eigenvalue weighted by Crippen LogP contribution is 2.25. The molecule has 65 valence electrons. The molecule has 0 aromatic rings. The van der Waals surface area contributed by atoms with Crippen LogP contribution in [-0.4, -0.2) is 29.0 Å². The molecule has 11 heavy (non-hydrogen) atoms. The molecule has 0 rings (SSSR count). The van der Waals surface area contributed by atoms with E-state index in [0.717, 1.165) is 10.8 Å². The van der Waals surface area contributed by atoms with Crippen molar-refractivity contribution in [2.24, 2.45) is 5.84 Å². The van der Waals surface area contributed by atoms with Crippen molar-refractivity contribution in [2.75, 3.05) is 12.3 Å². The summed E-state index contributed by atoms with van der Waals surface area (Å²) in [6.07, 6.45) is 1.59. The normalized spacial score (nSPS) is 10.2. The Morgan fingerprint density at radius 1 is 1.64 bits per heavy atom. The molecule has 0 saturated heterocycles. The van der Waals surface area contributed by atoms with Crippen LogP contribution in [0.4, 0.5) is 0 Å². The molecule has 0 aliphatic rings. The number of nitrogens with zero attached hydrogens (tertiary/aromatic N) is 1. The maximum Gasteiger partial charge on any atom is 0.327 e. The van der Waals surface area contributed by atoms with Gasteiger partial charge in [0.2, 0.25) is 0 Å². The number of rotatable bonds is 6. The van der Waals surface area contributed by atoms with Gasteiger partial charge >= 0.3 is 6.41 Å². The number of amides is 1. The summed E-state index contributed by atoms with van der Waals surface area (Å²) in [4.78, 5) is 9.89. The topological polar surface area (TPSA) is 46.3 Å². The lowest BCUT2D eigenvalue weighted by Gasteiger charge is -2.08. The van der Waals surface area contributed by atoms with Gasteiger partial charge in [0.05, 0.1) is 0 Å². The molecule has 2 N–H and O–H groups in total. The van der Waals surface area contributed by atoms with Crippen LogP contribution < -0.4 is 5.84 Å². The first-order chi connectivity index (χ1) is 5.16. The van der Waals surface area contributed by atoms with Crippen molar-refractivity contribution in [2.45, 2.75) is 19.1 Å². The summed E-state index contributed by atoms with van der Waals surface area (Å²) < 4.78 is 0. The molecular formula is C6H13N2OS2. The minimum atomic E-state index is 0.563. The second-order valence-electron chi connectivity index (χ2n) is 2.25. The third kappa shape index (κ3) is 8.03. The van der Waals surface area contributed by atoms with Crippen molar-refractivity contribution < 1.29 is 4.79 Å². The molecule has 0 bridgehead atoms. The van der Waals surface area contributed by atoms with Crippen LogP contribution in [0, 0.1) is 0 Å². The van der Waals surface area contributed by atoms with Crippen LogP contribution in [0.2, 0.25) is 0 Å². The SMILES string of the molecule is CC(C)SSCCN(N)[C]=O. The molecule has 0 saturated carbocycles. The number of hydrazine groups is 1. The maximum absolute atomic E-state index is 9.89. The van der Waals surface area contributed by atoms with E-state index in [1.165, 1.54) is 0 Å². The summed E-state index contributed by atoms with van der Waals surface area (Å²) in [6, 6.07) is 0. The molecule has 0 aromatic carbocycles. The number of nitrogens with two attached hydrogens (primary N) is 1. The predicted molar refractivity (Wildman–Crippen MR) is 51.8 cm³/mol. The molecule has 1 amide bonds. The molecule has 0 aromatic heterocycles. The van der Waals surface area contributed by atoms with Gasteiger partial charge in [0.15, 0.2) is 0 Å². The van der Waals surface area contributed by atoms with E-state index in [4.69, 9.17) is 5.84 Å². The molecule has 0 atom stereocenters. The molecular weight excluding hydrogens is 180 g/mol. The zero-order chi connectivity index (χ0) is 8.69. The van der Waals surface area contributed by atoms with Crippen LogP contribution in [0.25, 0.3) is 0 Å². The van der Waals surface area contributed by atoms with E-state index in [2.05, 4.69) is 13.8 Å². The number of hydrogen-bond donors (Lipinski definition) is 1. The monoisotopic (exact) mass is 193 g/mol. The first kappa shape index (κ1) is 11.1. The van der Waals surface area contributed by atoms with Gasteiger partial charge in [0.1, 0.15) is 0 Å². The van der Waals surface area contributed by atoms with Crippen LogP contribution in [0.15, 0.2) is 0 Å². The smallest absolute Gasteiger partial charge is 0.271 e. The molecule has 0 aliphatic heterocycles. The van der Waals surface area contributed by atoms with Gasteiger partial charge in [-0.1, -0.05) is 35.4 Å². The number of hydrogen-bond acceptors (Lipinski definition) is 4. The van der Waals surface area contributed by atoms with Gasteiger partial charge in [0.25, 0.3) is 0 Å². The Morgan fingerprint density at radius 2 is 2.27 bits per heavy atom. The predicted octanol–water partition coefficient (Wildman–Crippen LogP) is 1.02. The van der Waals surface area contributed by atoms with E-state index in [-0.39, 0.29) is 0 Å². The second-order valence-corrected chi connectivity index (χ2v) is 5.32. The molecule has 0 heterocycles. The highest BCUT2D eigenvalue weighted by Gasteiger charge is 1.97. The zero-order valence-corrected chi connectivity index (χ0v) is 8.37. The van der Waals surface area contributed by atoms with Gasteiger partial charge in [-0.05, 0) is 0 Å². The van der Waals surface area contributed by atoms with E-state index < -0.39 is 0 Å². The van der Waals surface area contributed by atoms with E-state index in [0.29, 0.717) is 11.8 Å². The molecule has 0 spiro atoms. The lowest BCUT2D eigenvalue weighted by atomic mass is 10.6.